The third-order valence-corrected chi connectivity index (χ3v) is 0.824. The van der Waals surface area contributed by atoms with Crippen molar-refractivity contribution in [1.29, 1.82) is 0 Å². The molecule has 0 saturated carbocycles. The van der Waals surface area contributed by atoms with E-state index in [1.807, 2.05) is 27.7 Å². The summed E-state index contributed by atoms with van der Waals surface area (Å²) >= 11 is 0. The quantitative estimate of drug-likeness (QED) is 0.688. The number of nitrogens with one attached hydrogen (secondary N) is 1. The standard InChI is InChI=1S/C6H11NO2.2C2H6/c1-4(2)6(9)7-5(3)8;2*1-2/h4H,1-3H3,(H,7,8,9);2*1-2H3. The van der Waals surface area contributed by atoms with Crippen LogP contribution >= 0.6 is 0 Å². The van der Waals surface area contributed by atoms with Gasteiger partial charge in [-0.05, 0) is 0 Å². The van der Waals surface area contributed by atoms with Gasteiger partial charge < -0.3 is 0 Å². The van der Waals surface area contributed by atoms with Gasteiger partial charge in [-0.15, -0.1) is 0 Å². The molecule has 0 aromatic carbocycles. The lowest BCUT2D eigenvalue weighted by Crippen LogP contribution is -2.31. The Morgan fingerprint density at radius 1 is 1.00 bits per heavy atom. The number of carbonyl (C=O) groups is 2. The van der Waals surface area contributed by atoms with Crippen molar-refractivity contribution in [3.05, 3.63) is 0 Å². The lowest BCUT2D eigenvalue weighted by atomic mass is 10.2. The van der Waals surface area contributed by atoms with Gasteiger partial charge in [0, 0.05) is 12.8 Å². The van der Waals surface area contributed by atoms with Crippen LogP contribution in [0.5, 0.6) is 0 Å². The highest BCUT2D eigenvalue weighted by Crippen LogP contribution is 1.88. The van der Waals surface area contributed by atoms with Crippen LogP contribution in [0, 0.1) is 5.92 Å². The highest BCUT2D eigenvalue weighted by molar-refractivity contribution is 5.94. The average Bonchev–Trinajstić information content (AvgIpc) is 2.10. The van der Waals surface area contributed by atoms with Crippen molar-refractivity contribution in [1.82, 2.24) is 5.32 Å². The lowest BCUT2D eigenvalue weighted by molar-refractivity contribution is -0.131. The van der Waals surface area contributed by atoms with Gasteiger partial charge in [0.1, 0.15) is 0 Å². The number of carbonyl (C=O) groups excluding carboxylic acids is 2. The highest BCUT2D eigenvalue weighted by atomic mass is 16.2. The van der Waals surface area contributed by atoms with E-state index in [2.05, 4.69) is 5.32 Å². The Morgan fingerprint density at radius 2 is 1.31 bits per heavy atom. The van der Waals surface area contributed by atoms with E-state index in [-0.39, 0.29) is 17.7 Å². The largest absolute Gasteiger partial charge is 0.296 e. The van der Waals surface area contributed by atoms with E-state index in [4.69, 9.17) is 0 Å². The zero-order chi connectivity index (χ0) is 11.4. The SMILES string of the molecule is CC.CC.CC(=O)NC(=O)C(C)C. The van der Waals surface area contributed by atoms with Gasteiger partial charge in [0.25, 0.3) is 0 Å². The van der Waals surface area contributed by atoms with Crippen LogP contribution in [0.3, 0.4) is 0 Å². The predicted molar refractivity (Wildman–Crippen MR) is 56.4 cm³/mol. The Labute approximate surface area is 81.9 Å². The van der Waals surface area contributed by atoms with Crippen molar-refractivity contribution < 1.29 is 9.59 Å². The molecule has 0 bridgehead atoms. The van der Waals surface area contributed by atoms with Crippen molar-refractivity contribution >= 4 is 11.8 Å². The van der Waals surface area contributed by atoms with E-state index in [9.17, 15) is 9.59 Å². The maximum Gasteiger partial charge on any atom is 0.229 e. The van der Waals surface area contributed by atoms with Crippen molar-refractivity contribution in [2.24, 2.45) is 5.92 Å². The number of hydrogen-bond acceptors (Lipinski definition) is 2. The molecule has 0 rings (SSSR count). The molecular weight excluding hydrogens is 166 g/mol. The van der Waals surface area contributed by atoms with Crippen LogP contribution in [0.1, 0.15) is 48.5 Å². The fraction of sp³-hybridized carbons (Fsp3) is 0.800. The maximum atomic E-state index is 10.6. The summed E-state index contributed by atoms with van der Waals surface area (Å²) in [4.78, 5) is 20.8. The summed E-state index contributed by atoms with van der Waals surface area (Å²) < 4.78 is 0. The molecule has 0 atom stereocenters. The molecule has 0 heterocycles. The first-order valence-electron chi connectivity index (χ1n) is 4.85. The minimum absolute atomic E-state index is 0.117. The van der Waals surface area contributed by atoms with Crippen LogP contribution in [0.4, 0.5) is 0 Å². The van der Waals surface area contributed by atoms with Gasteiger partial charge in [0.15, 0.2) is 0 Å². The minimum Gasteiger partial charge on any atom is -0.296 e. The molecule has 0 saturated heterocycles. The Kier molecular flexibility index (Phi) is 19.0. The fourth-order valence-corrected chi connectivity index (χ4v) is 0.318. The molecule has 2 amide bonds. The first-order chi connectivity index (χ1) is 6.04. The second-order valence-electron chi connectivity index (χ2n) is 2.20. The summed E-state index contributed by atoms with van der Waals surface area (Å²) in [6.45, 7) is 12.8. The van der Waals surface area contributed by atoms with Gasteiger partial charge in [0.2, 0.25) is 11.8 Å². The zero-order valence-corrected chi connectivity index (χ0v) is 9.89. The van der Waals surface area contributed by atoms with E-state index in [1.54, 1.807) is 13.8 Å². The number of imide groups is 1. The van der Waals surface area contributed by atoms with Crippen molar-refractivity contribution in [2.75, 3.05) is 0 Å². The van der Waals surface area contributed by atoms with Crippen LogP contribution in [-0.2, 0) is 9.59 Å². The molecule has 1 N–H and O–H groups in total. The van der Waals surface area contributed by atoms with Gasteiger partial charge in [-0.3, -0.25) is 14.9 Å². The molecule has 3 heteroatoms. The summed E-state index contributed by atoms with van der Waals surface area (Å²) in [5, 5.41) is 2.16. The molecule has 0 aromatic heterocycles. The summed E-state index contributed by atoms with van der Waals surface area (Å²) in [7, 11) is 0. The van der Waals surface area contributed by atoms with Gasteiger partial charge in [-0.1, -0.05) is 41.5 Å². The number of hydrogen-bond donors (Lipinski definition) is 1. The third-order valence-electron chi connectivity index (χ3n) is 0.824. The molecule has 13 heavy (non-hydrogen) atoms. The monoisotopic (exact) mass is 189 g/mol. The molecule has 0 aliphatic carbocycles. The highest BCUT2D eigenvalue weighted by Gasteiger charge is 2.06. The van der Waals surface area contributed by atoms with Crippen LogP contribution in [0.15, 0.2) is 0 Å². The topological polar surface area (TPSA) is 46.2 Å². The van der Waals surface area contributed by atoms with E-state index >= 15 is 0 Å². The van der Waals surface area contributed by atoms with E-state index in [0.29, 0.717) is 0 Å². The van der Waals surface area contributed by atoms with Crippen molar-refractivity contribution in [3.8, 4) is 0 Å². The van der Waals surface area contributed by atoms with Crippen molar-refractivity contribution in [3.63, 3.8) is 0 Å². The van der Waals surface area contributed by atoms with Crippen molar-refractivity contribution in [2.45, 2.75) is 48.5 Å². The number of amides is 2. The summed E-state index contributed by atoms with van der Waals surface area (Å²) in [5.74, 6) is -0.634. The molecule has 0 aliphatic heterocycles. The average molecular weight is 189 g/mol. The van der Waals surface area contributed by atoms with Crippen LogP contribution < -0.4 is 5.32 Å². The molecule has 0 aliphatic rings. The van der Waals surface area contributed by atoms with Gasteiger partial charge in [-0.25, -0.2) is 0 Å². The Balaban J connectivity index is -0.000000218. The summed E-state index contributed by atoms with van der Waals surface area (Å²) in [5.41, 5.74) is 0. The maximum absolute atomic E-state index is 10.6. The van der Waals surface area contributed by atoms with E-state index in [1.165, 1.54) is 6.92 Å². The molecule has 0 unspecified atom stereocenters. The van der Waals surface area contributed by atoms with Crippen LogP contribution in [0.25, 0.3) is 0 Å². The molecule has 3 nitrogen and oxygen atoms in total. The van der Waals surface area contributed by atoms with E-state index < -0.39 is 0 Å². The first-order valence-corrected chi connectivity index (χ1v) is 4.85. The molecule has 0 spiro atoms. The van der Waals surface area contributed by atoms with Gasteiger partial charge in [0.05, 0.1) is 0 Å². The zero-order valence-electron chi connectivity index (χ0n) is 9.89. The number of rotatable bonds is 1. The van der Waals surface area contributed by atoms with Gasteiger partial charge in [-0.2, -0.15) is 0 Å². The van der Waals surface area contributed by atoms with Crippen LogP contribution in [0.2, 0.25) is 0 Å². The Morgan fingerprint density at radius 3 is 1.38 bits per heavy atom. The summed E-state index contributed by atoms with van der Waals surface area (Å²) in [6.07, 6.45) is 0. The molecule has 0 radical (unpaired) electrons. The fourth-order valence-electron chi connectivity index (χ4n) is 0.318. The second kappa shape index (κ2) is 13.7. The molecule has 0 aromatic rings. The Bertz CT molecular complexity index is 131. The lowest BCUT2D eigenvalue weighted by Gasteiger charge is -2.01. The first kappa shape index (κ1) is 18.0. The van der Waals surface area contributed by atoms with Crippen LogP contribution in [-0.4, -0.2) is 11.8 Å². The van der Waals surface area contributed by atoms with Gasteiger partial charge >= 0.3 is 0 Å². The smallest absolute Gasteiger partial charge is 0.229 e. The molecular formula is C10H23NO2. The molecule has 80 valence electrons. The Hall–Kier alpha value is -0.860. The third kappa shape index (κ3) is 18.3. The van der Waals surface area contributed by atoms with E-state index in [0.717, 1.165) is 0 Å². The minimum atomic E-state index is -0.297. The molecule has 0 fully saturated rings. The second-order valence-corrected chi connectivity index (χ2v) is 2.20. The summed E-state index contributed by atoms with van der Waals surface area (Å²) in [6, 6.07) is 0. The predicted octanol–water partition coefficient (Wildman–Crippen LogP) is 2.36. The normalized spacial score (nSPS) is 7.38.